The molecule has 2 rings (SSSR count). The lowest BCUT2D eigenvalue weighted by molar-refractivity contribution is -0.171. The monoisotopic (exact) mass is 848 g/mol. The number of ether oxygens (including phenoxy) is 2. The summed E-state index contributed by atoms with van der Waals surface area (Å²) >= 11 is 0. The molecule has 2 aliphatic rings. The molecule has 0 bridgehead atoms. The molecule has 2 fully saturated rings. The molecule has 2 atom stereocenters. The van der Waals surface area contributed by atoms with Gasteiger partial charge in [0, 0.05) is 6.61 Å². The number of esters is 2. The van der Waals surface area contributed by atoms with Crippen LogP contribution in [0.15, 0.2) is 0 Å². The molecule has 0 unspecified atom stereocenters. The predicted octanol–water partition coefficient (Wildman–Crippen LogP) is 15.6. The maximum absolute atomic E-state index is 14.2. The van der Waals surface area contributed by atoms with Crippen molar-refractivity contribution in [1.29, 1.82) is 0 Å². The van der Waals surface area contributed by atoms with E-state index in [0.29, 0.717) is 0 Å². The minimum atomic E-state index is -1.68. The first-order chi connectivity index (χ1) is 28.3. The third kappa shape index (κ3) is 22.3. The maximum atomic E-state index is 14.2. The van der Waals surface area contributed by atoms with Crippen LogP contribution in [0.1, 0.15) is 248 Å². The summed E-state index contributed by atoms with van der Waals surface area (Å²) in [5.74, 6) is -0.117. The highest BCUT2D eigenvalue weighted by atomic mass is 28.4. The largest absolute Gasteiger partial charge is 0.458 e. The molecule has 1 heterocycles. The number of hydrogen-bond donors (Lipinski definition) is 0. The second kappa shape index (κ2) is 31.0. The van der Waals surface area contributed by atoms with Crippen molar-refractivity contribution in [1.82, 2.24) is 4.90 Å². The molecule has 1 aliphatic carbocycles. The molecule has 0 aromatic carbocycles. The van der Waals surface area contributed by atoms with E-state index in [4.69, 9.17) is 13.9 Å². The highest BCUT2D eigenvalue weighted by Gasteiger charge is 2.50. The summed E-state index contributed by atoms with van der Waals surface area (Å²) in [5.41, 5.74) is 0.0784. The van der Waals surface area contributed by atoms with Crippen molar-refractivity contribution in [2.75, 3.05) is 26.2 Å². The fourth-order valence-corrected chi connectivity index (χ4v) is 10.6. The average Bonchev–Trinajstić information content (AvgIpc) is 3.52. The fourth-order valence-electron chi connectivity index (χ4n) is 9.48. The van der Waals surface area contributed by atoms with Crippen LogP contribution >= 0.6 is 0 Å². The molecule has 1 aliphatic heterocycles. The average molecular weight is 848 g/mol. The van der Waals surface area contributed by atoms with Crippen LogP contribution in [0.4, 0.5) is 0 Å². The Hall–Kier alpha value is -0.923. The molecule has 59 heavy (non-hydrogen) atoms. The molecule has 0 radical (unpaired) electrons. The van der Waals surface area contributed by atoms with Gasteiger partial charge in [0.1, 0.15) is 12.2 Å². The van der Waals surface area contributed by atoms with Gasteiger partial charge in [0.15, 0.2) is 8.32 Å². The minimum absolute atomic E-state index is 0.0162. The zero-order valence-corrected chi connectivity index (χ0v) is 42.0. The highest BCUT2D eigenvalue weighted by molar-refractivity contribution is 6.74. The first-order valence-electron chi connectivity index (χ1n) is 26.1. The Morgan fingerprint density at radius 2 is 0.915 bits per heavy atom. The molecule has 1 saturated heterocycles. The van der Waals surface area contributed by atoms with Gasteiger partial charge in [0.2, 0.25) is 0 Å². The Balaban J connectivity index is 2.13. The van der Waals surface area contributed by atoms with E-state index in [1.54, 1.807) is 0 Å². The summed E-state index contributed by atoms with van der Waals surface area (Å²) in [6.07, 6.45) is 34.7. The lowest BCUT2D eigenvalue weighted by atomic mass is 9.76. The molecule has 0 amide bonds. The number of piperidine rings is 1. The Kier molecular flexibility index (Phi) is 28.5. The molecular weight excluding hydrogens is 747 g/mol. The van der Waals surface area contributed by atoms with Gasteiger partial charge in [0.05, 0.1) is 11.8 Å². The third-order valence-electron chi connectivity index (χ3n) is 14.8. The molecule has 7 heteroatoms. The van der Waals surface area contributed by atoms with E-state index in [2.05, 4.69) is 66.5 Å². The van der Waals surface area contributed by atoms with Crippen molar-refractivity contribution in [2.24, 2.45) is 17.3 Å². The van der Waals surface area contributed by atoms with Gasteiger partial charge in [0.25, 0.3) is 0 Å². The second-order valence-corrected chi connectivity index (χ2v) is 25.9. The van der Waals surface area contributed by atoms with Gasteiger partial charge in [-0.15, -0.1) is 0 Å². The van der Waals surface area contributed by atoms with E-state index in [9.17, 15) is 9.59 Å². The number of carbonyl (C=O) groups is 2. The lowest BCUT2D eigenvalue weighted by Gasteiger charge is -2.39. The number of nitrogens with zero attached hydrogens (tertiary/aromatic N) is 1. The Bertz CT molecular complexity index is 982. The van der Waals surface area contributed by atoms with Crippen molar-refractivity contribution in [3.8, 4) is 0 Å². The van der Waals surface area contributed by atoms with Gasteiger partial charge >= 0.3 is 11.9 Å². The summed E-state index contributed by atoms with van der Waals surface area (Å²) in [4.78, 5) is 31.1. The number of hydrogen-bond acceptors (Lipinski definition) is 6. The van der Waals surface area contributed by atoms with E-state index in [1.807, 2.05) is 0 Å². The van der Waals surface area contributed by atoms with E-state index >= 15 is 0 Å². The van der Waals surface area contributed by atoms with Crippen LogP contribution in [0.3, 0.4) is 0 Å². The van der Waals surface area contributed by atoms with Crippen molar-refractivity contribution in [2.45, 2.75) is 278 Å². The van der Waals surface area contributed by atoms with Crippen LogP contribution in [0.2, 0.25) is 18.1 Å². The van der Waals surface area contributed by atoms with E-state index < -0.39 is 8.32 Å². The van der Waals surface area contributed by atoms with E-state index in [-0.39, 0.29) is 46.4 Å². The van der Waals surface area contributed by atoms with Crippen LogP contribution in [0, 0.1) is 17.3 Å². The Morgan fingerprint density at radius 3 is 1.27 bits per heavy atom. The molecular formula is C52H101NO5Si. The first-order valence-corrected chi connectivity index (χ1v) is 29.0. The van der Waals surface area contributed by atoms with Crippen LogP contribution < -0.4 is 0 Å². The van der Waals surface area contributed by atoms with Crippen molar-refractivity contribution < 1.29 is 23.5 Å². The normalized spacial score (nSPS) is 18.7. The van der Waals surface area contributed by atoms with Crippen molar-refractivity contribution in [3.63, 3.8) is 0 Å². The van der Waals surface area contributed by atoms with Crippen LogP contribution in [-0.2, 0) is 23.5 Å². The molecule has 348 valence electrons. The van der Waals surface area contributed by atoms with Crippen LogP contribution in [0.5, 0.6) is 0 Å². The van der Waals surface area contributed by atoms with E-state index in [0.717, 1.165) is 110 Å². The fraction of sp³-hybridized carbons (Fsp3) is 0.962. The highest BCUT2D eigenvalue weighted by Crippen LogP contribution is 2.49. The zero-order valence-electron chi connectivity index (χ0n) is 41.0. The Labute approximate surface area is 368 Å². The van der Waals surface area contributed by atoms with Gasteiger partial charge in [-0.05, 0) is 114 Å². The molecule has 0 aromatic rings. The number of likely N-dealkylation sites (tertiary alicyclic amines) is 1. The third-order valence-corrected chi connectivity index (χ3v) is 19.4. The Morgan fingerprint density at radius 1 is 0.559 bits per heavy atom. The summed E-state index contributed by atoms with van der Waals surface area (Å²) in [5, 5.41) is 0.263. The van der Waals surface area contributed by atoms with Crippen molar-refractivity contribution >= 4 is 20.3 Å². The second-order valence-electron chi connectivity index (χ2n) is 21.1. The van der Waals surface area contributed by atoms with E-state index in [1.165, 1.54) is 116 Å². The van der Waals surface area contributed by atoms with Crippen molar-refractivity contribution in [3.05, 3.63) is 0 Å². The SMILES string of the molecule is CCCCCCCC(CCCCCCC)C(=O)O[C@@H]1CC2(CCN(CCCCCO[Si](C)(C)C(C)(C)C)CC2)C[C@H]1OC(=O)C(CCCCCCC)CCCCCCC. The molecule has 1 saturated carbocycles. The summed E-state index contributed by atoms with van der Waals surface area (Å²) in [7, 11) is -1.68. The van der Waals surface area contributed by atoms with Gasteiger partial charge in [-0.25, -0.2) is 0 Å². The summed E-state index contributed by atoms with van der Waals surface area (Å²) in [6.45, 7) is 24.9. The lowest BCUT2D eigenvalue weighted by Crippen LogP contribution is -2.41. The zero-order chi connectivity index (χ0) is 43.4. The topological polar surface area (TPSA) is 65.1 Å². The molecule has 6 nitrogen and oxygen atoms in total. The summed E-state index contributed by atoms with van der Waals surface area (Å²) < 4.78 is 19.7. The minimum Gasteiger partial charge on any atom is -0.458 e. The van der Waals surface area contributed by atoms with Gasteiger partial charge in [-0.3, -0.25) is 9.59 Å². The van der Waals surface area contributed by atoms with Crippen LogP contribution in [0.25, 0.3) is 0 Å². The molecule has 0 N–H and O–H groups in total. The van der Waals surface area contributed by atoms with Crippen LogP contribution in [-0.4, -0.2) is 63.6 Å². The quantitative estimate of drug-likeness (QED) is 0.0360. The number of carbonyl (C=O) groups excluding carboxylic acids is 2. The number of rotatable bonds is 35. The number of unbranched alkanes of at least 4 members (excludes halogenated alkanes) is 18. The standard InChI is InChI=1S/C52H101NO5Si/c1-10-14-18-22-27-33-45(34-28-23-19-15-11-2)49(54)57-47-43-52(37-40-53(41-38-52)39-31-26-32-42-56-59(8,9)51(5,6)7)44-48(47)58-50(55)46(35-29-24-20-16-12-3)36-30-25-21-17-13-4/h45-48H,10-44H2,1-9H3/t47-,48-/m1/s1. The summed E-state index contributed by atoms with van der Waals surface area (Å²) in [6, 6.07) is 0. The maximum Gasteiger partial charge on any atom is 0.309 e. The first kappa shape index (κ1) is 54.2. The molecule has 0 aromatic heterocycles. The predicted molar refractivity (Wildman–Crippen MR) is 255 cm³/mol. The van der Waals surface area contributed by atoms with Gasteiger partial charge < -0.3 is 18.8 Å². The molecule has 1 spiro atoms. The smallest absolute Gasteiger partial charge is 0.309 e. The van der Waals surface area contributed by atoms with Gasteiger partial charge in [-0.1, -0.05) is 177 Å². The van der Waals surface area contributed by atoms with Gasteiger partial charge in [-0.2, -0.15) is 0 Å².